The molecular weight excluding hydrogens is 500 g/mol. The number of hydrogen-bond donors (Lipinski definition) is 0. The van der Waals surface area contributed by atoms with Crippen molar-refractivity contribution in [3.63, 3.8) is 0 Å². The third kappa shape index (κ3) is 7.90. The minimum absolute atomic E-state index is 0.323. The molecule has 5 nitrogen and oxygen atoms in total. The van der Waals surface area contributed by atoms with Gasteiger partial charge in [-0.05, 0) is 22.3 Å². The summed E-state index contributed by atoms with van der Waals surface area (Å²) >= 11 is 0. The Morgan fingerprint density at radius 2 is 0.900 bits per heavy atom. The average molecular weight is 537 g/mol. The van der Waals surface area contributed by atoms with Gasteiger partial charge in [-0.3, -0.25) is 0 Å². The Morgan fingerprint density at radius 1 is 0.500 bits per heavy atom. The Hall–Kier alpha value is -3.74. The lowest BCUT2D eigenvalue weighted by atomic mass is 9.97. The fourth-order valence-electron chi connectivity index (χ4n) is 4.76. The molecule has 1 fully saturated rings. The fraction of sp³-hybridized carbons (Fsp3) is 0.257. The highest BCUT2D eigenvalue weighted by molar-refractivity contribution is 5.17. The zero-order valence-electron chi connectivity index (χ0n) is 22.6. The summed E-state index contributed by atoms with van der Waals surface area (Å²) in [5.74, 6) is 0.516. The van der Waals surface area contributed by atoms with Crippen molar-refractivity contribution in [2.75, 3.05) is 6.61 Å². The number of rotatable bonds is 13. The van der Waals surface area contributed by atoms with Crippen LogP contribution in [-0.2, 0) is 50.1 Å². The Morgan fingerprint density at radius 3 is 1.38 bits per heavy atom. The quantitative estimate of drug-likeness (QED) is 0.187. The summed E-state index contributed by atoms with van der Waals surface area (Å²) in [6, 6.07) is 40.4. The molecule has 1 aliphatic heterocycles. The zero-order valence-corrected chi connectivity index (χ0v) is 22.6. The molecule has 0 amide bonds. The second kappa shape index (κ2) is 14.6. The molecule has 40 heavy (non-hydrogen) atoms. The molecule has 0 bridgehead atoms. The maximum atomic E-state index is 6.59. The summed E-state index contributed by atoms with van der Waals surface area (Å²) in [6.45, 7) is 6.26. The van der Waals surface area contributed by atoms with Crippen molar-refractivity contribution in [2.45, 2.75) is 50.8 Å². The number of ether oxygens (including phenoxy) is 5. The molecular formula is C35H36O5. The molecule has 5 rings (SSSR count). The van der Waals surface area contributed by atoms with Gasteiger partial charge < -0.3 is 23.7 Å². The lowest BCUT2D eigenvalue weighted by Gasteiger charge is -2.43. The van der Waals surface area contributed by atoms with Gasteiger partial charge in [0.15, 0.2) is 6.10 Å². The molecule has 1 aliphatic rings. The van der Waals surface area contributed by atoms with Crippen LogP contribution in [0.4, 0.5) is 0 Å². The van der Waals surface area contributed by atoms with E-state index in [-0.39, 0.29) is 0 Å². The lowest BCUT2D eigenvalue weighted by molar-refractivity contribution is -0.223. The number of hydrogen-bond acceptors (Lipinski definition) is 5. The van der Waals surface area contributed by atoms with Crippen LogP contribution in [0, 0.1) is 0 Å². The smallest absolute Gasteiger partial charge is 0.150 e. The van der Waals surface area contributed by atoms with Gasteiger partial charge in [-0.25, -0.2) is 0 Å². The van der Waals surface area contributed by atoms with Crippen molar-refractivity contribution in [1.29, 1.82) is 0 Å². The van der Waals surface area contributed by atoms with Crippen molar-refractivity contribution in [1.82, 2.24) is 0 Å². The van der Waals surface area contributed by atoms with Crippen LogP contribution >= 0.6 is 0 Å². The molecule has 0 aliphatic carbocycles. The first kappa shape index (κ1) is 27.8. The Kier molecular flexibility index (Phi) is 10.1. The highest BCUT2D eigenvalue weighted by Crippen LogP contribution is 2.32. The Labute approximate surface area is 236 Å². The van der Waals surface area contributed by atoms with Gasteiger partial charge >= 0.3 is 0 Å². The predicted molar refractivity (Wildman–Crippen MR) is 155 cm³/mol. The van der Waals surface area contributed by atoms with Crippen LogP contribution in [0.25, 0.3) is 0 Å². The second-order valence-corrected chi connectivity index (χ2v) is 9.86. The first-order valence-electron chi connectivity index (χ1n) is 13.7. The van der Waals surface area contributed by atoms with Crippen LogP contribution in [0.15, 0.2) is 134 Å². The molecule has 1 saturated heterocycles. The maximum Gasteiger partial charge on any atom is 0.150 e. The van der Waals surface area contributed by atoms with Crippen LogP contribution < -0.4 is 0 Å². The van der Waals surface area contributed by atoms with Crippen LogP contribution in [-0.4, -0.2) is 31.0 Å². The fourth-order valence-corrected chi connectivity index (χ4v) is 4.76. The lowest BCUT2D eigenvalue weighted by Crippen LogP contribution is -2.56. The first-order valence-corrected chi connectivity index (χ1v) is 13.7. The number of benzene rings is 4. The SMILES string of the molecule is C=C1OC(COCc2ccccc2)[C@@H](OCc2ccccc2)[C@@H](OCc2ccccc2)C1OCc1ccccc1. The highest BCUT2D eigenvalue weighted by atomic mass is 16.6. The maximum absolute atomic E-state index is 6.59. The topological polar surface area (TPSA) is 46.2 Å². The van der Waals surface area contributed by atoms with Crippen molar-refractivity contribution < 1.29 is 23.7 Å². The van der Waals surface area contributed by atoms with Gasteiger partial charge in [-0.15, -0.1) is 0 Å². The summed E-state index contributed by atoms with van der Waals surface area (Å²) in [6.07, 6.45) is -1.85. The van der Waals surface area contributed by atoms with E-state index < -0.39 is 24.4 Å². The van der Waals surface area contributed by atoms with E-state index in [1.54, 1.807) is 0 Å². The third-order valence-electron chi connectivity index (χ3n) is 6.85. The Bertz CT molecular complexity index is 1280. The first-order chi connectivity index (χ1) is 19.8. The van der Waals surface area contributed by atoms with E-state index in [0.29, 0.717) is 38.8 Å². The van der Waals surface area contributed by atoms with Gasteiger partial charge in [0.2, 0.25) is 0 Å². The molecule has 4 aromatic rings. The van der Waals surface area contributed by atoms with Gasteiger partial charge in [-0.2, -0.15) is 0 Å². The summed E-state index contributed by atoms with van der Waals surface area (Å²) < 4.78 is 32.1. The monoisotopic (exact) mass is 536 g/mol. The van der Waals surface area contributed by atoms with Crippen LogP contribution in [0.1, 0.15) is 22.3 Å². The Balaban J connectivity index is 1.36. The van der Waals surface area contributed by atoms with Crippen molar-refractivity contribution >= 4 is 0 Å². The normalized spacial score (nSPS) is 20.6. The molecule has 0 saturated carbocycles. The molecule has 4 aromatic carbocycles. The van der Waals surface area contributed by atoms with Gasteiger partial charge in [0.05, 0.1) is 33.0 Å². The molecule has 0 radical (unpaired) electrons. The van der Waals surface area contributed by atoms with Crippen molar-refractivity contribution in [3.05, 3.63) is 156 Å². The minimum atomic E-state index is -0.518. The molecule has 1 heterocycles. The standard InChI is InChI=1S/C35H36O5/c1-27-33(37-23-29-16-8-3-9-17-29)35(39-25-31-20-12-5-13-21-31)34(38-24-30-18-10-4-11-19-30)32(40-27)26-36-22-28-14-6-2-7-15-28/h2-21,32-35H,1,22-26H2/t32?,33?,34-,35+/m1/s1. The van der Waals surface area contributed by atoms with Crippen LogP contribution in [0.2, 0.25) is 0 Å². The van der Waals surface area contributed by atoms with Crippen molar-refractivity contribution in [2.24, 2.45) is 0 Å². The summed E-state index contributed by atoms with van der Waals surface area (Å²) in [5.41, 5.74) is 4.30. The summed E-state index contributed by atoms with van der Waals surface area (Å²) in [5, 5.41) is 0. The van der Waals surface area contributed by atoms with Crippen LogP contribution in [0.5, 0.6) is 0 Å². The van der Waals surface area contributed by atoms with E-state index in [1.807, 2.05) is 121 Å². The molecule has 4 atom stereocenters. The molecule has 5 heteroatoms. The largest absolute Gasteiger partial charge is 0.487 e. The molecule has 0 aromatic heterocycles. The van der Waals surface area contributed by atoms with Gasteiger partial charge in [0, 0.05) is 0 Å². The minimum Gasteiger partial charge on any atom is -0.487 e. The van der Waals surface area contributed by atoms with E-state index in [0.717, 1.165) is 22.3 Å². The predicted octanol–water partition coefficient (Wildman–Crippen LogP) is 6.87. The molecule has 206 valence electrons. The van der Waals surface area contributed by atoms with E-state index in [1.165, 1.54) is 0 Å². The molecule has 0 N–H and O–H groups in total. The van der Waals surface area contributed by atoms with E-state index >= 15 is 0 Å². The average Bonchev–Trinajstić information content (AvgIpc) is 3.01. The summed E-state index contributed by atoms with van der Waals surface area (Å²) in [7, 11) is 0. The highest BCUT2D eigenvalue weighted by Gasteiger charge is 2.46. The van der Waals surface area contributed by atoms with Gasteiger partial charge in [0.25, 0.3) is 0 Å². The van der Waals surface area contributed by atoms with E-state index in [4.69, 9.17) is 23.7 Å². The van der Waals surface area contributed by atoms with Crippen LogP contribution in [0.3, 0.4) is 0 Å². The van der Waals surface area contributed by atoms with Crippen molar-refractivity contribution in [3.8, 4) is 0 Å². The molecule has 0 spiro atoms. The van der Waals surface area contributed by atoms with Gasteiger partial charge in [-0.1, -0.05) is 128 Å². The third-order valence-corrected chi connectivity index (χ3v) is 6.85. The molecule has 2 unspecified atom stereocenters. The summed E-state index contributed by atoms with van der Waals surface area (Å²) in [4.78, 5) is 0. The zero-order chi connectivity index (χ0) is 27.4. The van der Waals surface area contributed by atoms with E-state index in [2.05, 4.69) is 6.58 Å². The second-order valence-electron chi connectivity index (χ2n) is 9.86. The van der Waals surface area contributed by atoms with E-state index in [9.17, 15) is 0 Å². The van der Waals surface area contributed by atoms with Gasteiger partial charge in [0.1, 0.15) is 24.1 Å².